The zero-order chi connectivity index (χ0) is 17.0. The van der Waals surface area contributed by atoms with Crippen LogP contribution >= 0.6 is 0 Å². The van der Waals surface area contributed by atoms with Crippen LogP contribution in [0.15, 0.2) is 23.0 Å². The molecular formula is C17H21N5O. The van der Waals surface area contributed by atoms with E-state index in [2.05, 4.69) is 29.7 Å². The Bertz CT molecular complexity index is 781. The highest BCUT2D eigenvalue weighted by Gasteiger charge is 2.16. The van der Waals surface area contributed by atoms with Crippen LogP contribution in [0.3, 0.4) is 0 Å². The number of hydrazine groups is 1. The fourth-order valence-electron chi connectivity index (χ4n) is 2.55. The summed E-state index contributed by atoms with van der Waals surface area (Å²) >= 11 is 0. The normalized spacial score (nSPS) is 10.4. The van der Waals surface area contributed by atoms with Crippen LogP contribution in [0.4, 0.5) is 5.95 Å². The van der Waals surface area contributed by atoms with Gasteiger partial charge in [-0.05, 0) is 30.9 Å². The molecule has 6 nitrogen and oxygen atoms in total. The highest BCUT2D eigenvalue weighted by atomic mass is 16.1. The number of hydrogen-bond donors (Lipinski definition) is 1. The number of nitrogens with two attached hydrogens (primary N) is 1. The van der Waals surface area contributed by atoms with Gasteiger partial charge in [0.2, 0.25) is 5.95 Å². The zero-order valence-corrected chi connectivity index (χ0v) is 13.7. The minimum absolute atomic E-state index is 0.133. The van der Waals surface area contributed by atoms with E-state index in [9.17, 15) is 4.79 Å². The third kappa shape index (κ3) is 3.25. The quantitative estimate of drug-likeness (QED) is 0.513. The van der Waals surface area contributed by atoms with Crippen LogP contribution in [0, 0.1) is 19.3 Å². The molecule has 0 aliphatic rings. The molecule has 0 unspecified atom stereocenters. The van der Waals surface area contributed by atoms with E-state index in [0.717, 1.165) is 29.7 Å². The lowest BCUT2D eigenvalue weighted by Crippen LogP contribution is -2.37. The van der Waals surface area contributed by atoms with Gasteiger partial charge >= 0.3 is 5.69 Å². The van der Waals surface area contributed by atoms with E-state index < -0.39 is 5.69 Å². The topological polar surface area (TPSA) is 77.0 Å². The summed E-state index contributed by atoms with van der Waals surface area (Å²) in [5.74, 6) is 8.83. The molecule has 0 aliphatic carbocycles. The molecule has 23 heavy (non-hydrogen) atoms. The number of benzene rings is 1. The number of anilines is 1. The van der Waals surface area contributed by atoms with Gasteiger partial charge in [0.25, 0.3) is 0 Å². The lowest BCUT2D eigenvalue weighted by atomic mass is 10.0. The zero-order valence-electron chi connectivity index (χ0n) is 13.7. The van der Waals surface area contributed by atoms with Crippen molar-refractivity contribution in [1.29, 1.82) is 0 Å². The Labute approximate surface area is 136 Å². The van der Waals surface area contributed by atoms with Crippen LogP contribution in [0.1, 0.15) is 30.8 Å². The Morgan fingerprint density at radius 1 is 1.26 bits per heavy atom. The summed E-state index contributed by atoms with van der Waals surface area (Å²) in [4.78, 5) is 20.9. The maximum atomic E-state index is 12.6. The highest BCUT2D eigenvalue weighted by Crippen LogP contribution is 2.21. The Morgan fingerprint density at radius 2 is 1.87 bits per heavy atom. The fourth-order valence-corrected chi connectivity index (χ4v) is 2.55. The molecular weight excluding hydrogens is 290 g/mol. The number of para-hydroxylation sites is 1. The second-order valence-corrected chi connectivity index (χ2v) is 5.15. The molecule has 0 saturated heterocycles. The van der Waals surface area contributed by atoms with Crippen molar-refractivity contribution in [2.24, 2.45) is 5.84 Å². The van der Waals surface area contributed by atoms with Crippen molar-refractivity contribution in [3.63, 3.8) is 0 Å². The van der Waals surface area contributed by atoms with Gasteiger partial charge in [-0.2, -0.15) is 9.97 Å². The molecule has 0 fully saturated rings. The van der Waals surface area contributed by atoms with Gasteiger partial charge in [-0.3, -0.25) is 5.01 Å². The Kier molecular flexibility index (Phi) is 5.14. The molecule has 0 aliphatic heterocycles. The lowest BCUT2D eigenvalue weighted by Gasteiger charge is -2.19. The fraction of sp³-hybridized carbons (Fsp3) is 0.353. The minimum Gasteiger partial charge on any atom is -0.266 e. The largest absolute Gasteiger partial charge is 0.356 e. The number of terminal acetylenes is 1. The summed E-state index contributed by atoms with van der Waals surface area (Å²) in [7, 11) is 0. The first kappa shape index (κ1) is 16.7. The molecule has 0 radical (unpaired) electrons. The van der Waals surface area contributed by atoms with E-state index in [-0.39, 0.29) is 12.5 Å². The monoisotopic (exact) mass is 311 g/mol. The highest BCUT2D eigenvalue weighted by molar-refractivity contribution is 5.49. The summed E-state index contributed by atoms with van der Waals surface area (Å²) < 4.78 is 1.55. The number of nitrogens with zero attached hydrogens (tertiary/aromatic N) is 4. The maximum absolute atomic E-state index is 12.6. The van der Waals surface area contributed by atoms with Crippen LogP contribution in [0.25, 0.3) is 5.69 Å². The average molecular weight is 311 g/mol. The first-order valence-corrected chi connectivity index (χ1v) is 7.57. The van der Waals surface area contributed by atoms with Gasteiger partial charge in [0.15, 0.2) is 0 Å². The third-order valence-electron chi connectivity index (χ3n) is 3.68. The van der Waals surface area contributed by atoms with E-state index in [1.807, 2.05) is 18.2 Å². The van der Waals surface area contributed by atoms with Crippen molar-refractivity contribution in [3.8, 4) is 18.0 Å². The molecule has 2 aromatic rings. The minimum atomic E-state index is -0.407. The molecule has 1 aromatic heterocycles. The summed E-state index contributed by atoms with van der Waals surface area (Å²) in [6, 6.07) is 6.04. The molecule has 0 bridgehead atoms. The van der Waals surface area contributed by atoms with Crippen molar-refractivity contribution in [2.75, 3.05) is 11.6 Å². The van der Waals surface area contributed by atoms with Gasteiger partial charge in [0, 0.05) is 0 Å². The van der Waals surface area contributed by atoms with Crippen molar-refractivity contribution in [2.45, 2.75) is 33.6 Å². The molecule has 6 heteroatoms. The lowest BCUT2D eigenvalue weighted by molar-refractivity contribution is 0.760. The predicted octanol–water partition coefficient (Wildman–Crippen LogP) is 1.37. The van der Waals surface area contributed by atoms with Crippen LogP contribution in [-0.4, -0.2) is 21.1 Å². The van der Waals surface area contributed by atoms with Gasteiger partial charge < -0.3 is 0 Å². The first-order chi connectivity index (χ1) is 11.0. The van der Waals surface area contributed by atoms with Crippen molar-refractivity contribution < 1.29 is 0 Å². The smallest absolute Gasteiger partial charge is 0.266 e. The molecule has 0 atom stereocenters. The third-order valence-corrected chi connectivity index (χ3v) is 3.68. The Morgan fingerprint density at radius 3 is 2.35 bits per heavy atom. The summed E-state index contributed by atoms with van der Waals surface area (Å²) in [6.07, 6.45) is 6.86. The van der Waals surface area contributed by atoms with Gasteiger partial charge in [0.1, 0.15) is 5.82 Å². The molecule has 0 saturated carbocycles. The summed E-state index contributed by atoms with van der Waals surface area (Å²) in [6.45, 7) is 6.02. The molecule has 0 amide bonds. The Hall–Kier alpha value is -2.65. The van der Waals surface area contributed by atoms with E-state index in [1.54, 1.807) is 11.5 Å². The summed E-state index contributed by atoms with van der Waals surface area (Å²) in [5.41, 5.74) is 2.63. The van der Waals surface area contributed by atoms with E-state index in [1.165, 1.54) is 5.01 Å². The molecule has 2 N–H and O–H groups in total. The SMILES string of the molecule is C#CCN(N)c1nc(C)n(-c2c(CC)cccc2CC)c(=O)n1. The van der Waals surface area contributed by atoms with Crippen LogP contribution in [0.2, 0.25) is 0 Å². The van der Waals surface area contributed by atoms with Crippen molar-refractivity contribution in [3.05, 3.63) is 45.6 Å². The predicted molar refractivity (Wildman–Crippen MR) is 91.5 cm³/mol. The van der Waals surface area contributed by atoms with Crippen LogP contribution < -0.4 is 16.5 Å². The number of aryl methyl sites for hydroxylation is 3. The van der Waals surface area contributed by atoms with Crippen molar-refractivity contribution in [1.82, 2.24) is 14.5 Å². The second-order valence-electron chi connectivity index (χ2n) is 5.15. The van der Waals surface area contributed by atoms with Crippen LogP contribution in [0.5, 0.6) is 0 Å². The molecule has 2 rings (SSSR count). The molecule has 120 valence electrons. The van der Waals surface area contributed by atoms with E-state index in [0.29, 0.717) is 5.82 Å². The number of rotatable bonds is 5. The Balaban J connectivity index is 2.67. The molecule has 1 aromatic carbocycles. The number of aromatic nitrogens is 3. The summed E-state index contributed by atoms with van der Waals surface area (Å²) in [5, 5.41) is 1.19. The van der Waals surface area contributed by atoms with Gasteiger partial charge in [-0.1, -0.05) is 38.0 Å². The standard InChI is InChI=1S/C17H21N5O/c1-5-11-21(18)16-19-12(4)22(17(23)20-16)15-13(6-2)9-8-10-14(15)7-3/h1,8-10H,6-7,11,18H2,2-4H3. The van der Waals surface area contributed by atoms with E-state index >= 15 is 0 Å². The van der Waals surface area contributed by atoms with Gasteiger partial charge in [0.05, 0.1) is 12.2 Å². The maximum Gasteiger partial charge on any atom is 0.356 e. The van der Waals surface area contributed by atoms with Gasteiger partial charge in [-0.25, -0.2) is 15.2 Å². The molecule has 1 heterocycles. The molecule has 0 spiro atoms. The van der Waals surface area contributed by atoms with Crippen molar-refractivity contribution >= 4 is 5.95 Å². The average Bonchev–Trinajstić information content (AvgIpc) is 2.54. The van der Waals surface area contributed by atoms with Crippen LogP contribution in [-0.2, 0) is 12.8 Å². The number of hydrogen-bond acceptors (Lipinski definition) is 5. The first-order valence-electron chi connectivity index (χ1n) is 7.57. The van der Waals surface area contributed by atoms with E-state index in [4.69, 9.17) is 12.3 Å². The second kappa shape index (κ2) is 7.07. The van der Waals surface area contributed by atoms with Gasteiger partial charge in [-0.15, -0.1) is 6.42 Å².